The van der Waals surface area contributed by atoms with Crippen molar-refractivity contribution in [2.45, 2.75) is 31.3 Å². The summed E-state index contributed by atoms with van der Waals surface area (Å²) in [6.07, 6.45) is 5.27. The van der Waals surface area contributed by atoms with Gasteiger partial charge in [-0.2, -0.15) is 0 Å². The van der Waals surface area contributed by atoms with E-state index in [1.165, 1.54) is 6.20 Å². The lowest BCUT2D eigenvalue weighted by molar-refractivity contribution is -0.143. The smallest absolute Gasteiger partial charge is 0.254 e. The molecule has 1 aliphatic carbocycles. The highest BCUT2D eigenvalue weighted by Crippen LogP contribution is 2.37. The van der Waals surface area contributed by atoms with Crippen LogP contribution in [0.3, 0.4) is 0 Å². The molecule has 3 aliphatic rings. The van der Waals surface area contributed by atoms with E-state index >= 15 is 0 Å². The number of imidazole rings is 1. The SMILES string of the molecule is O=C(c1ccc(-c2cn3c(n2)CCC(F)=C3)cc1)N1CCN(C(=O)C2(O)CC2)CC1. The van der Waals surface area contributed by atoms with E-state index in [0.29, 0.717) is 57.4 Å². The minimum atomic E-state index is -1.16. The molecule has 1 aromatic heterocycles. The number of fused-ring (bicyclic) bond motifs is 1. The van der Waals surface area contributed by atoms with Gasteiger partial charge in [0.05, 0.1) is 5.69 Å². The van der Waals surface area contributed by atoms with Crippen molar-refractivity contribution in [3.05, 3.63) is 47.7 Å². The molecule has 2 fully saturated rings. The third-order valence-corrected chi connectivity index (χ3v) is 6.08. The lowest BCUT2D eigenvalue weighted by Gasteiger charge is -2.35. The van der Waals surface area contributed by atoms with Gasteiger partial charge in [-0.1, -0.05) is 12.1 Å². The normalized spacial score (nSPS) is 19.9. The van der Waals surface area contributed by atoms with Gasteiger partial charge in [-0.3, -0.25) is 9.59 Å². The van der Waals surface area contributed by atoms with Crippen LogP contribution in [0.2, 0.25) is 0 Å². The number of carbonyl (C=O) groups excluding carboxylic acids is 2. The monoisotopic (exact) mass is 410 g/mol. The van der Waals surface area contributed by atoms with Gasteiger partial charge in [0.2, 0.25) is 0 Å². The van der Waals surface area contributed by atoms with Gasteiger partial charge in [0.15, 0.2) is 0 Å². The summed E-state index contributed by atoms with van der Waals surface area (Å²) in [6.45, 7) is 1.78. The number of halogens is 1. The van der Waals surface area contributed by atoms with Crippen LogP contribution in [0.15, 0.2) is 36.3 Å². The van der Waals surface area contributed by atoms with Crippen LogP contribution < -0.4 is 0 Å². The Bertz CT molecular complexity index is 1030. The summed E-state index contributed by atoms with van der Waals surface area (Å²) in [5, 5.41) is 9.99. The van der Waals surface area contributed by atoms with Crippen LogP contribution >= 0.6 is 0 Å². The molecule has 30 heavy (non-hydrogen) atoms. The average Bonchev–Trinajstić information content (AvgIpc) is 3.38. The molecular weight excluding hydrogens is 387 g/mol. The van der Waals surface area contributed by atoms with Crippen molar-refractivity contribution in [3.8, 4) is 11.3 Å². The zero-order valence-corrected chi connectivity index (χ0v) is 16.6. The second kappa shape index (κ2) is 7.05. The van der Waals surface area contributed by atoms with Gasteiger partial charge < -0.3 is 19.5 Å². The summed E-state index contributed by atoms with van der Waals surface area (Å²) in [6, 6.07) is 7.25. The largest absolute Gasteiger partial charge is 0.380 e. The minimum absolute atomic E-state index is 0.0760. The van der Waals surface area contributed by atoms with Crippen LogP contribution in [0, 0.1) is 0 Å². The molecule has 0 atom stereocenters. The molecule has 7 nitrogen and oxygen atoms in total. The van der Waals surface area contributed by atoms with Crippen molar-refractivity contribution in [3.63, 3.8) is 0 Å². The zero-order chi connectivity index (χ0) is 20.9. The molecule has 3 heterocycles. The number of amides is 2. The van der Waals surface area contributed by atoms with E-state index in [1.807, 2.05) is 12.1 Å². The second-order valence-corrected chi connectivity index (χ2v) is 8.22. The number of rotatable bonds is 3. The van der Waals surface area contributed by atoms with Crippen molar-refractivity contribution in [1.29, 1.82) is 0 Å². The number of hydrogen-bond acceptors (Lipinski definition) is 4. The zero-order valence-electron chi connectivity index (χ0n) is 16.6. The fourth-order valence-corrected chi connectivity index (χ4v) is 4.02. The first-order valence-electron chi connectivity index (χ1n) is 10.3. The standard InChI is InChI=1S/C22H23FN4O3/c23-17-5-6-19-24-18(14-27(19)13-17)15-1-3-16(4-2-15)20(28)25-9-11-26(12-10-25)21(29)22(30)7-8-22/h1-4,13-14,30H,5-12H2. The van der Waals surface area contributed by atoms with E-state index in [-0.39, 0.29) is 17.6 Å². The number of carbonyl (C=O) groups is 2. The Hall–Kier alpha value is -3.00. The van der Waals surface area contributed by atoms with E-state index in [0.717, 1.165) is 17.1 Å². The number of nitrogens with zero attached hydrogens (tertiary/aromatic N) is 4. The first kappa shape index (κ1) is 19.0. The highest BCUT2D eigenvalue weighted by Gasteiger charge is 2.50. The highest BCUT2D eigenvalue weighted by atomic mass is 19.1. The molecule has 0 radical (unpaired) electrons. The summed E-state index contributed by atoms with van der Waals surface area (Å²) >= 11 is 0. The topological polar surface area (TPSA) is 78.7 Å². The minimum Gasteiger partial charge on any atom is -0.380 e. The van der Waals surface area contributed by atoms with Crippen molar-refractivity contribution >= 4 is 18.0 Å². The maximum absolute atomic E-state index is 13.5. The summed E-state index contributed by atoms with van der Waals surface area (Å²) in [5.74, 6) is 0.389. The van der Waals surface area contributed by atoms with Gasteiger partial charge in [0, 0.05) is 62.5 Å². The van der Waals surface area contributed by atoms with Gasteiger partial charge >= 0.3 is 0 Å². The van der Waals surface area contributed by atoms with Crippen LogP contribution in [0.5, 0.6) is 0 Å². The maximum atomic E-state index is 13.5. The van der Waals surface area contributed by atoms with Crippen molar-refractivity contribution in [2.75, 3.05) is 26.2 Å². The van der Waals surface area contributed by atoms with Gasteiger partial charge in [-0.05, 0) is 25.0 Å². The average molecular weight is 410 g/mol. The Morgan fingerprint density at radius 1 is 1.00 bits per heavy atom. The molecule has 0 bridgehead atoms. The van der Waals surface area contributed by atoms with E-state index in [4.69, 9.17) is 0 Å². The summed E-state index contributed by atoms with van der Waals surface area (Å²) in [5.41, 5.74) is 1.04. The molecule has 2 amide bonds. The lowest BCUT2D eigenvalue weighted by atomic mass is 10.1. The van der Waals surface area contributed by atoms with Crippen LogP contribution in [0.4, 0.5) is 4.39 Å². The van der Waals surface area contributed by atoms with Crippen molar-refractivity contribution in [2.24, 2.45) is 0 Å². The van der Waals surface area contributed by atoms with Crippen LogP contribution in [0.1, 0.15) is 35.4 Å². The summed E-state index contributed by atoms with van der Waals surface area (Å²) < 4.78 is 15.2. The van der Waals surface area contributed by atoms with Gasteiger partial charge in [-0.15, -0.1) is 0 Å². The molecule has 156 valence electrons. The van der Waals surface area contributed by atoms with E-state index in [9.17, 15) is 19.1 Å². The molecule has 2 aliphatic heterocycles. The number of aliphatic hydroxyl groups is 1. The molecule has 1 N–H and O–H groups in total. The molecule has 1 aromatic carbocycles. The molecule has 2 aromatic rings. The molecular formula is C22H23FN4O3. The Labute approximate surface area is 173 Å². The molecule has 5 rings (SSSR count). The molecule has 0 spiro atoms. The Morgan fingerprint density at radius 3 is 2.33 bits per heavy atom. The van der Waals surface area contributed by atoms with E-state index in [1.54, 1.807) is 32.7 Å². The quantitative estimate of drug-likeness (QED) is 0.840. The van der Waals surface area contributed by atoms with Crippen LogP contribution in [-0.4, -0.2) is 68.1 Å². The van der Waals surface area contributed by atoms with E-state index in [2.05, 4.69) is 4.98 Å². The molecule has 1 saturated heterocycles. The number of hydrogen-bond donors (Lipinski definition) is 1. The number of piperazine rings is 1. The van der Waals surface area contributed by atoms with Crippen LogP contribution in [-0.2, 0) is 11.2 Å². The van der Waals surface area contributed by atoms with Gasteiger partial charge in [-0.25, -0.2) is 9.37 Å². The predicted octanol–water partition coefficient (Wildman–Crippen LogP) is 2.07. The number of aryl methyl sites for hydroxylation is 1. The van der Waals surface area contributed by atoms with Gasteiger partial charge in [0.1, 0.15) is 17.3 Å². The number of aromatic nitrogens is 2. The third kappa shape index (κ3) is 3.41. The summed E-state index contributed by atoms with van der Waals surface area (Å²) in [7, 11) is 0. The second-order valence-electron chi connectivity index (χ2n) is 8.22. The highest BCUT2D eigenvalue weighted by molar-refractivity contribution is 5.95. The van der Waals surface area contributed by atoms with Gasteiger partial charge in [0.25, 0.3) is 11.8 Å². The maximum Gasteiger partial charge on any atom is 0.254 e. The Morgan fingerprint density at radius 2 is 1.67 bits per heavy atom. The molecule has 8 heteroatoms. The van der Waals surface area contributed by atoms with Crippen LogP contribution in [0.25, 0.3) is 17.5 Å². The van der Waals surface area contributed by atoms with Crippen molar-refractivity contribution < 1.29 is 19.1 Å². The predicted molar refractivity (Wildman–Crippen MR) is 108 cm³/mol. The Kier molecular flexibility index (Phi) is 4.47. The first-order valence-corrected chi connectivity index (χ1v) is 10.3. The fourth-order valence-electron chi connectivity index (χ4n) is 4.02. The third-order valence-electron chi connectivity index (χ3n) is 6.08. The van der Waals surface area contributed by atoms with Crippen molar-refractivity contribution in [1.82, 2.24) is 19.4 Å². The fraction of sp³-hybridized carbons (Fsp3) is 0.409. The van der Waals surface area contributed by atoms with E-state index < -0.39 is 5.60 Å². The lowest BCUT2D eigenvalue weighted by Crippen LogP contribution is -2.53. The number of benzene rings is 1. The molecule has 0 unspecified atom stereocenters. The Balaban J connectivity index is 1.24. The first-order chi connectivity index (χ1) is 14.4. The number of allylic oxidation sites excluding steroid dienone is 1. The summed E-state index contributed by atoms with van der Waals surface area (Å²) in [4.78, 5) is 33.0. The molecule has 1 saturated carbocycles.